The van der Waals surface area contributed by atoms with E-state index in [1.165, 1.54) is 6.07 Å². The van der Waals surface area contributed by atoms with Crippen LogP contribution in [0.25, 0.3) is 0 Å². The Hall–Kier alpha value is -1.58. The molecule has 4 heteroatoms. The second-order valence-electron chi connectivity index (χ2n) is 4.16. The number of hydrogen-bond acceptors (Lipinski definition) is 2. The van der Waals surface area contributed by atoms with Gasteiger partial charge in [0.1, 0.15) is 11.6 Å². The quantitative estimate of drug-likeness (QED) is 0.759. The molecule has 0 fully saturated rings. The summed E-state index contributed by atoms with van der Waals surface area (Å²) in [5, 5.41) is 2.81. The SMILES string of the molecule is CCCC(=O)NCCCc1cc(OC)ccc1F. The van der Waals surface area contributed by atoms with Crippen LogP contribution in [-0.4, -0.2) is 19.6 Å². The van der Waals surface area contributed by atoms with Gasteiger partial charge in [0, 0.05) is 13.0 Å². The van der Waals surface area contributed by atoms with Crippen LogP contribution in [0, 0.1) is 5.82 Å². The Morgan fingerprint density at radius 1 is 1.44 bits per heavy atom. The van der Waals surface area contributed by atoms with Crippen LogP contribution in [0.4, 0.5) is 4.39 Å². The van der Waals surface area contributed by atoms with Crippen molar-refractivity contribution in [2.45, 2.75) is 32.6 Å². The van der Waals surface area contributed by atoms with Crippen molar-refractivity contribution in [3.63, 3.8) is 0 Å². The minimum absolute atomic E-state index is 0.0589. The van der Waals surface area contributed by atoms with Crippen molar-refractivity contribution in [3.05, 3.63) is 29.6 Å². The molecule has 0 aliphatic heterocycles. The van der Waals surface area contributed by atoms with E-state index in [0.717, 1.165) is 12.8 Å². The first-order valence-corrected chi connectivity index (χ1v) is 6.26. The third kappa shape index (κ3) is 4.73. The second-order valence-corrected chi connectivity index (χ2v) is 4.16. The van der Waals surface area contributed by atoms with E-state index in [1.54, 1.807) is 19.2 Å². The molecule has 0 aliphatic rings. The Kier molecular flexibility index (Phi) is 6.19. The molecule has 3 nitrogen and oxygen atoms in total. The zero-order valence-electron chi connectivity index (χ0n) is 11.0. The molecule has 1 rings (SSSR count). The molecular weight excluding hydrogens is 233 g/mol. The molecule has 0 bridgehead atoms. The van der Waals surface area contributed by atoms with Crippen molar-refractivity contribution < 1.29 is 13.9 Å². The Bertz CT molecular complexity index is 393. The zero-order chi connectivity index (χ0) is 13.4. The Balaban J connectivity index is 2.37. The van der Waals surface area contributed by atoms with Gasteiger partial charge in [-0.25, -0.2) is 4.39 Å². The third-order valence-electron chi connectivity index (χ3n) is 2.68. The van der Waals surface area contributed by atoms with E-state index in [-0.39, 0.29) is 11.7 Å². The van der Waals surface area contributed by atoms with Gasteiger partial charge in [0.15, 0.2) is 0 Å². The van der Waals surface area contributed by atoms with Gasteiger partial charge in [-0.1, -0.05) is 6.92 Å². The van der Waals surface area contributed by atoms with Crippen molar-refractivity contribution in [1.29, 1.82) is 0 Å². The summed E-state index contributed by atoms with van der Waals surface area (Å²) in [5.74, 6) is 0.487. The van der Waals surface area contributed by atoms with Crippen molar-refractivity contribution in [2.24, 2.45) is 0 Å². The Morgan fingerprint density at radius 2 is 2.22 bits per heavy atom. The van der Waals surface area contributed by atoms with Gasteiger partial charge >= 0.3 is 0 Å². The topological polar surface area (TPSA) is 38.3 Å². The fourth-order valence-corrected chi connectivity index (χ4v) is 1.69. The highest BCUT2D eigenvalue weighted by molar-refractivity contribution is 5.75. The average Bonchev–Trinajstić information content (AvgIpc) is 2.37. The van der Waals surface area contributed by atoms with E-state index in [1.807, 2.05) is 6.92 Å². The van der Waals surface area contributed by atoms with Crippen LogP contribution in [0.1, 0.15) is 31.7 Å². The van der Waals surface area contributed by atoms with E-state index < -0.39 is 0 Å². The minimum Gasteiger partial charge on any atom is -0.497 e. The fraction of sp³-hybridized carbons (Fsp3) is 0.500. The van der Waals surface area contributed by atoms with Crippen molar-refractivity contribution in [3.8, 4) is 5.75 Å². The van der Waals surface area contributed by atoms with E-state index in [4.69, 9.17) is 4.74 Å². The number of benzene rings is 1. The zero-order valence-corrected chi connectivity index (χ0v) is 11.0. The summed E-state index contributed by atoms with van der Waals surface area (Å²) in [6, 6.07) is 4.70. The van der Waals surface area contributed by atoms with Crippen molar-refractivity contribution in [2.75, 3.05) is 13.7 Å². The highest BCUT2D eigenvalue weighted by Gasteiger charge is 2.04. The average molecular weight is 253 g/mol. The first kappa shape index (κ1) is 14.5. The second kappa shape index (κ2) is 7.69. The summed E-state index contributed by atoms with van der Waals surface area (Å²) in [6.07, 6.45) is 2.71. The molecular formula is C14H20FNO2. The van der Waals surface area contributed by atoms with Gasteiger partial charge in [-0.3, -0.25) is 4.79 Å². The molecule has 0 saturated carbocycles. The van der Waals surface area contributed by atoms with Crippen LogP contribution in [0.3, 0.4) is 0 Å². The molecule has 100 valence electrons. The summed E-state index contributed by atoms with van der Waals surface area (Å²) in [4.78, 5) is 11.2. The fourth-order valence-electron chi connectivity index (χ4n) is 1.69. The molecule has 1 aromatic rings. The molecule has 0 unspecified atom stereocenters. The van der Waals surface area contributed by atoms with Crippen molar-refractivity contribution >= 4 is 5.91 Å². The van der Waals surface area contributed by atoms with Crippen LogP contribution < -0.4 is 10.1 Å². The van der Waals surface area contributed by atoms with Gasteiger partial charge in [-0.05, 0) is 43.0 Å². The number of methoxy groups -OCH3 is 1. The molecule has 0 atom stereocenters. The molecule has 0 spiro atoms. The van der Waals surface area contributed by atoms with Gasteiger partial charge in [0.2, 0.25) is 5.91 Å². The highest BCUT2D eigenvalue weighted by atomic mass is 19.1. The third-order valence-corrected chi connectivity index (χ3v) is 2.68. The lowest BCUT2D eigenvalue weighted by atomic mass is 10.1. The van der Waals surface area contributed by atoms with E-state index in [9.17, 15) is 9.18 Å². The number of halogens is 1. The Labute approximate surface area is 107 Å². The molecule has 1 aromatic carbocycles. The van der Waals surface area contributed by atoms with Crippen LogP contribution in [0.15, 0.2) is 18.2 Å². The van der Waals surface area contributed by atoms with Crippen LogP contribution in [0.5, 0.6) is 5.75 Å². The first-order valence-electron chi connectivity index (χ1n) is 6.26. The molecule has 0 aliphatic carbocycles. The number of rotatable bonds is 7. The summed E-state index contributed by atoms with van der Waals surface area (Å²) >= 11 is 0. The predicted molar refractivity (Wildman–Crippen MR) is 69.2 cm³/mol. The number of ether oxygens (including phenoxy) is 1. The van der Waals surface area contributed by atoms with E-state index >= 15 is 0 Å². The number of amides is 1. The summed E-state index contributed by atoms with van der Waals surface area (Å²) < 4.78 is 18.5. The maximum Gasteiger partial charge on any atom is 0.219 e. The molecule has 18 heavy (non-hydrogen) atoms. The van der Waals surface area contributed by atoms with Crippen LogP contribution >= 0.6 is 0 Å². The molecule has 0 radical (unpaired) electrons. The monoisotopic (exact) mass is 253 g/mol. The standard InChI is InChI=1S/C14H20FNO2/c1-3-5-14(17)16-9-4-6-11-10-12(18-2)7-8-13(11)15/h7-8,10H,3-6,9H2,1-2H3,(H,16,17). The van der Waals surface area contributed by atoms with Gasteiger partial charge in [0.05, 0.1) is 7.11 Å². The highest BCUT2D eigenvalue weighted by Crippen LogP contribution is 2.17. The predicted octanol–water partition coefficient (Wildman–Crippen LogP) is 2.68. The maximum absolute atomic E-state index is 13.5. The lowest BCUT2D eigenvalue weighted by molar-refractivity contribution is -0.121. The lowest BCUT2D eigenvalue weighted by Gasteiger charge is -2.07. The Morgan fingerprint density at radius 3 is 2.89 bits per heavy atom. The van der Waals surface area contributed by atoms with E-state index in [2.05, 4.69) is 5.32 Å². The largest absolute Gasteiger partial charge is 0.497 e. The van der Waals surface area contributed by atoms with Gasteiger partial charge in [-0.15, -0.1) is 0 Å². The molecule has 0 heterocycles. The number of nitrogens with one attached hydrogen (secondary N) is 1. The minimum atomic E-state index is -0.226. The van der Waals surface area contributed by atoms with Crippen LogP contribution in [0.2, 0.25) is 0 Å². The summed E-state index contributed by atoms with van der Waals surface area (Å²) in [7, 11) is 1.56. The first-order chi connectivity index (χ1) is 8.67. The molecule has 0 aromatic heterocycles. The van der Waals surface area contributed by atoms with Crippen molar-refractivity contribution in [1.82, 2.24) is 5.32 Å². The normalized spacial score (nSPS) is 10.2. The molecule has 1 N–H and O–H groups in total. The van der Waals surface area contributed by atoms with Gasteiger partial charge in [0.25, 0.3) is 0 Å². The summed E-state index contributed by atoms with van der Waals surface area (Å²) in [5.41, 5.74) is 0.624. The molecule has 0 saturated heterocycles. The molecule has 1 amide bonds. The van der Waals surface area contributed by atoms with E-state index in [0.29, 0.717) is 30.7 Å². The lowest BCUT2D eigenvalue weighted by Crippen LogP contribution is -2.24. The number of aryl methyl sites for hydroxylation is 1. The van der Waals surface area contributed by atoms with Gasteiger partial charge < -0.3 is 10.1 Å². The number of hydrogen-bond donors (Lipinski definition) is 1. The number of carbonyl (C=O) groups excluding carboxylic acids is 1. The maximum atomic E-state index is 13.5. The summed E-state index contributed by atoms with van der Waals surface area (Å²) in [6.45, 7) is 2.54. The van der Waals surface area contributed by atoms with Crippen LogP contribution in [-0.2, 0) is 11.2 Å². The number of carbonyl (C=O) groups is 1. The smallest absolute Gasteiger partial charge is 0.219 e. The van der Waals surface area contributed by atoms with Gasteiger partial charge in [-0.2, -0.15) is 0 Å².